The van der Waals surface area contributed by atoms with Gasteiger partial charge in [0.25, 0.3) is 5.69 Å². The number of carbonyl (C=O) groups is 1. The molecule has 0 amide bonds. The molecule has 0 spiro atoms. The molecule has 6 nitrogen and oxygen atoms in total. The Labute approximate surface area is 104 Å². The first kappa shape index (κ1) is 12.9. The minimum atomic E-state index is -1.43. The van der Waals surface area contributed by atoms with E-state index in [2.05, 4.69) is 15.9 Å². The maximum atomic E-state index is 10.7. The second-order valence-electron chi connectivity index (χ2n) is 2.94. The van der Waals surface area contributed by atoms with Crippen LogP contribution >= 0.6 is 15.9 Å². The highest BCUT2D eigenvalue weighted by Gasteiger charge is 2.15. The summed E-state index contributed by atoms with van der Waals surface area (Å²) in [6.45, 7) is 0. The number of nitro benzene ring substituents is 1. The van der Waals surface area contributed by atoms with Crippen LogP contribution in [-0.2, 0) is 4.79 Å². The smallest absolute Gasteiger partial charge is 0.346 e. The minimum Gasteiger partial charge on any atom is -0.477 e. The van der Waals surface area contributed by atoms with E-state index in [9.17, 15) is 14.9 Å². The van der Waals surface area contributed by atoms with Crippen LogP contribution in [0.4, 0.5) is 5.69 Å². The molecule has 0 saturated heterocycles. The first-order chi connectivity index (χ1) is 7.95. The molecule has 86 valence electrons. The van der Waals surface area contributed by atoms with Crippen molar-refractivity contribution >= 4 is 33.7 Å². The summed E-state index contributed by atoms with van der Waals surface area (Å²) in [5, 5.41) is 28.0. The lowest BCUT2D eigenvalue weighted by molar-refractivity contribution is -0.385. The maximum Gasteiger partial charge on any atom is 0.346 e. The lowest BCUT2D eigenvalue weighted by Gasteiger charge is -1.98. The number of hydrogen-bond donors (Lipinski definition) is 1. The monoisotopic (exact) mass is 296 g/mol. The molecule has 1 rings (SSSR count). The van der Waals surface area contributed by atoms with Gasteiger partial charge in [0.2, 0.25) is 0 Å². The number of halogens is 1. The van der Waals surface area contributed by atoms with E-state index in [1.54, 1.807) is 0 Å². The summed E-state index contributed by atoms with van der Waals surface area (Å²) < 4.78 is 0.496. The quantitative estimate of drug-likeness (QED) is 0.399. The van der Waals surface area contributed by atoms with Crippen molar-refractivity contribution in [1.29, 1.82) is 5.26 Å². The Kier molecular flexibility index (Phi) is 3.96. The molecule has 7 heteroatoms. The Bertz CT molecular complexity index is 560. The third-order valence-corrected chi connectivity index (χ3v) is 2.33. The normalized spacial score (nSPS) is 10.7. The summed E-state index contributed by atoms with van der Waals surface area (Å²) in [5.74, 6) is -1.43. The van der Waals surface area contributed by atoms with Gasteiger partial charge in [-0.2, -0.15) is 5.26 Å². The SMILES string of the molecule is N#C/C(=C/c1ccc(Br)cc1[N+](=O)[O-])C(=O)O. The first-order valence-corrected chi connectivity index (χ1v) is 5.04. The van der Waals surface area contributed by atoms with Crippen LogP contribution in [0.3, 0.4) is 0 Å². The van der Waals surface area contributed by atoms with Crippen molar-refractivity contribution in [2.24, 2.45) is 0 Å². The summed E-state index contributed by atoms with van der Waals surface area (Å²) in [4.78, 5) is 20.7. The Morgan fingerprint density at radius 3 is 2.71 bits per heavy atom. The van der Waals surface area contributed by atoms with Crippen LogP contribution in [-0.4, -0.2) is 16.0 Å². The van der Waals surface area contributed by atoms with Crippen LogP contribution < -0.4 is 0 Å². The van der Waals surface area contributed by atoms with Gasteiger partial charge in [0.1, 0.15) is 11.6 Å². The molecule has 1 N–H and O–H groups in total. The zero-order valence-electron chi connectivity index (χ0n) is 8.25. The fourth-order valence-electron chi connectivity index (χ4n) is 1.09. The average Bonchev–Trinajstić information content (AvgIpc) is 2.26. The van der Waals surface area contributed by atoms with Gasteiger partial charge in [-0.3, -0.25) is 10.1 Å². The molecule has 0 aromatic heterocycles. The van der Waals surface area contributed by atoms with Crippen molar-refractivity contribution < 1.29 is 14.8 Å². The number of nitrogens with zero attached hydrogens (tertiary/aromatic N) is 2. The molecule has 1 aromatic carbocycles. The highest BCUT2D eigenvalue weighted by molar-refractivity contribution is 9.10. The first-order valence-electron chi connectivity index (χ1n) is 4.24. The summed E-state index contributed by atoms with van der Waals surface area (Å²) in [5.41, 5.74) is -0.763. The van der Waals surface area contributed by atoms with Gasteiger partial charge in [-0.25, -0.2) is 4.79 Å². The van der Waals surface area contributed by atoms with Crippen LogP contribution in [0.25, 0.3) is 6.08 Å². The van der Waals surface area contributed by atoms with Crippen LogP contribution in [0.1, 0.15) is 5.56 Å². The van der Waals surface area contributed by atoms with E-state index in [0.29, 0.717) is 4.47 Å². The predicted molar refractivity (Wildman–Crippen MR) is 62.0 cm³/mol. The van der Waals surface area contributed by atoms with E-state index in [1.807, 2.05) is 0 Å². The lowest BCUT2D eigenvalue weighted by Crippen LogP contribution is -1.98. The second kappa shape index (κ2) is 5.23. The minimum absolute atomic E-state index is 0.0668. The zero-order valence-corrected chi connectivity index (χ0v) is 9.84. The third-order valence-electron chi connectivity index (χ3n) is 1.84. The van der Waals surface area contributed by atoms with Gasteiger partial charge in [0, 0.05) is 10.5 Å². The van der Waals surface area contributed by atoms with Crippen LogP contribution in [0.5, 0.6) is 0 Å². The van der Waals surface area contributed by atoms with Crippen molar-refractivity contribution in [2.75, 3.05) is 0 Å². The largest absolute Gasteiger partial charge is 0.477 e. The summed E-state index contributed by atoms with van der Waals surface area (Å²) >= 11 is 3.07. The van der Waals surface area contributed by atoms with Gasteiger partial charge >= 0.3 is 5.97 Å². The summed E-state index contributed by atoms with van der Waals surface area (Å²) in [6.07, 6.45) is 0.965. The molecule has 0 saturated carbocycles. The molecular formula is C10H5BrN2O4. The maximum absolute atomic E-state index is 10.7. The fourth-order valence-corrected chi connectivity index (χ4v) is 1.44. The third kappa shape index (κ3) is 3.12. The molecule has 17 heavy (non-hydrogen) atoms. The topological polar surface area (TPSA) is 104 Å². The molecule has 0 unspecified atom stereocenters. The highest BCUT2D eigenvalue weighted by Crippen LogP contribution is 2.25. The molecule has 0 aliphatic rings. The standard InChI is InChI=1S/C10H5BrN2O4/c11-8-2-1-6(9(4-8)13(16)17)3-7(5-12)10(14)15/h1-4H,(H,14,15)/b7-3-. The Hall–Kier alpha value is -2.20. The van der Waals surface area contributed by atoms with E-state index < -0.39 is 16.5 Å². The number of nitriles is 1. The van der Waals surface area contributed by atoms with Gasteiger partial charge in [-0.1, -0.05) is 15.9 Å². The molecule has 0 atom stereocenters. The zero-order chi connectivity index (χ0) is 13.0. The van der Waals surface area contributed by atoms with Gasteiger partial charge in [0.15, 0.2) is 0 Å². The van der Waals surface area contributed by atoms with E-state index in [4.69, 9.17) is 10.4 Å². The molecule has 0 fully saturated rings. The van der Waals surface area contributed by atoms with Crippen LogP contribution in [0.2, 0.25) is 0 Å². The van der Waals surface area contributed by atoms with Gasteiger partial charge in [-0.05, 0) is 18.2 Å². The van der Waals surface area contributed by atoms with Crippen molar-refractivity contribution in [1.82, 2.24) is 0 Å². The number of nitro groups is 1. The molecule has 0 bridgehead atoms. The number of rotatable bonds is 3. The highest BCUT2D eigenvalue weighted by atomic mass is 79.9. The lowest BCUT2D eigenvalue weighted by atomic mass is 10.1. The number of carboxylic acid groups (broad SMARTS) is 1. The van der Waals surface area contributed by atoms with E-state index in [-0.39, 0.29) is 11.3 Å². The van der Waals surface area contributed by atoms with E-state index >= 15 is 0 Å². The number of hydrogen-bond acceptors (Lipinski definition) is 4. The van der Waals surface area contributed by atoms with Crippen molar-refractivity contribution in [2.45, 2.75) is 0 Å². The predicted octanol–water partition coefficient (Wildman–Crippen LogP) is 2.35. The Balaban J connectivity index is 3.38. The number of benzene rings is 1. The molecule has 0 radical (unpaired) electrons. The Morgan fingerprint density at radius 1 is 1.59 bits per heavy atom. The van der Waals surface area contributed by atoms with Gasteiger partial charge < -0.3 is 5.11 Å². The fraction of sp³-hybridized carbons (Fsp3) is 0. The molecule has 0 aliphatic carbocycles. The summed E-state index contributed by atoms with van der Waals surface area (Å²) in [7, 11) is 0. The van der Waals surface area contributed by atoms with E-state index in [0.717, 1.165) is 6.08 Å². The van der Waals surface area contributed by atoms with E-state index in [1.165, 1.54) is 24.3 Å². The van der Waals surface area contributed by atoms with Gasteiger partial charge in [0.05, 0.1) is 10.5 Å². The second-order valence-corrected chi connectivity index (χ2v) is 3.85. The molecule has 0 heterocycles. The van der Waals surface area contributed by atoms with Gasteiger partial charge in [-0.15, -0.1) is 0 Å². The average molecular weight is 297 g/mol. The molecular weight excluding hydrogens is 292 g/mol. The Morgan fingerprint density at radius 2 is 2.24 bits per heavy atom. The van der Waals surface area contributed by atoms with Crippen molar-refractivity contribution in [3.05, 3.63) is 43.9 Å². The summed E-state index contributed by atoms with van der Waals surface area (Å²) in [6, 6.07) is 5.58. The number of carboxylic acids is 1. The van der Waals surface area contributed by atoms with Crippen molar-refractivity contribution in [3.63, 3.8) is 0 Å². The van der Waals surface area contributed by atoms with Crippen molar-refractivity contribution in [3.8, 4) is 6.07 Å². The van der Waals surface area contributed by atoms with Crippen LogP contribution in [0, 0.1) is 21.4 Å². The molecule has 0 aliphatic heterocycles. The molecule has 1 aromatic rings. The number of aliphatic carboxylic acids is 1. The van der Waals surface area contributed by atoms with Crippen LogP contribution in [0.15, 0.2) is 28.2 Å².